The first kappa shape index (κ1) is 4.19. The first-order chi connectivity index (χ1) is 3.86. The molecule has 0 saturated carbocycles. The van der Waals surface area contributed by atoms with Crippen LogP contribution < -0.4 is 0 Å². The van der Waals surface area contributed by atoms with Gasteiger partial charge in [0.2, 0.25) is 0 Å². The summed E-state index contributed by atoms with van der Waals surface area (Å²) in [4.78, 5) is 0. The topological polar surface area (TPSA) is 20.2 Å². The molecule has 1 unspecified atom stereocenters. The number of hydrogen-bond acceptors (Lipinski definition) is 1. The highest BCUT2D eigenvalue weighted by atomic mass is 16.3. The number of rotatable bonds is 0. The summed E-state index contributed by atoms with van der Waals surface area (Å²) >= 11 is 0. The predicted octanol–water partition coefficient (Wildman–Crippen LogP) is 1.78. The average Bonchev–Trinajstić information content (AvgIpc) is 2.23. The Morgan fingerprint density at radius 2 is 2.38 bits per heavy atom. The molecule has 0 amide bonds. The van der Waals surface area contributed by atoms with E-state index < -0.39 is 0 Å². The minimum absolute atomic E-state index is 0.623. The summed E-state index contributed by atoms with van der Waals surface area (Å²) in [7, 11) is 0. The second kappa shape index (κ2) is 1.16. The lowest BCUT2D eigenvalue weighted by molar-refractivity contribution is 0.383. The molecule has 0 fully saturated rings. The summed E-state index contributed by atoms with van der Waals surface area (Å²) in [6.45, 7) is 0. The Morgan fingerprint density at radius 1 is 1.50 bits per heavy atom. The van der Waals surface area contributed by atoms with Crippen LogP contribution in [0.5, 0.6) is 0 Å². The van der Waals surface area contributed by atoms with E-state index in [1.807, 2.05) is 6.08 Å². The fourth-order valence-corrected chi connectivity index (χ4v) is 1.40. The van der Waals surface area contributed by atoms with Crippen molar-refractivity contribution in [1.29, 1.82) is 0 Å². The minimum atomic E-state index is 0.623. The zero-order valence-electron chi connectivity index (χ0n) is 4.59. The molecule has 0 spiro atoms. The van der Waals surface area contributed by atoms with Gasteiger partial charge in [-0.3, -0.25) is 0 Å². The van der Waals surface area contributed by atoms with Crippen LogP contribution in [-0.2, 0) is 0 Å². The molecular formula is C7H8O. The van der Waals surface area contributed by atoms with Crippen LogP contribution in [0.25, 0.3) is 0 Å². The van der Waals surface area contributed by atoms with Crippen LogP contribution in [0.4, 0.5) is 0 Å². The van der Waals surface area contributed by atoms with Gasteiger partial charge >= 0.3 is 0 Å². The van der Waals surface area contributed by atoms with Gasteiger partial charge in [0.25, 0.3) is 0 Å². The first-order valence-corrected chi connectivity index (χ1v) is 2.95. The molecule has 1 nitrogen and oxygen atoms in total. The lowest BCUT2D eigenvalue weighted by atomic mass is 10.1. The van der Waals surface area contributed by atoms with E-state index in [0.717, 1.165) is 18.4 Å². The molecule has 0 aromatic heterocycles. The molecule has 2 bridgehead atoms. The molecule has 8 heavy (non-hydrogen) atoms. The summed E-state index contributed by atoms with van der Waals surface area (Å²) < 4.78 is 0. The van der Waals surface area contributed by atoms with Gasteiger partial charge in [-0.05, 0) is 17.9 Å². The lowest BCUT2D eigenvalue weighted by Gasteiger charge is -1.97. The molecule has 0 aromatic carbocycles. The summed E-state index contributed by atoms with van der Waals surface area (Å²) in [5, 5.41) is 9.05. The average molecular weight is 108 g/mol. The summed E-state index contributed by atoms with van der Waals surface area (Å²) in [6.07, 6.45) is 6.19. The van der Waals surface area contributed by atoms with Crippen molar-refractivity contribution in [2.24, 2.45) is 5.92 Å². The van der Waals surface area contributed by atoms with E-state index in [0.29, 0.717) is 11.7 Å². The van der Waals surface area contributed by atoms with Gasteiger partial charge in [0.1, 0.15) is 0 Å². The Kier molecular flexibility index (Phi) is 0.608. The summed E-state index contributed by atoms with van der Waals surface area (Å²) in [6, 6.07) is 0. The molecule has 2 aliphatic rings. The maximum Gasteiger partial charge on any atom is 0.0960 e. The predicted molar refractivity (Wildman–Crippen MR) is 31.5 cm³/mol. The van der Waals surface area contributed by atoms with Gasteiger partial charge < -0.3 is 5.11 Å². The Bertz CT molecular complexity index is 175. The molecule has 1 N–H and O–H groups in total. The fraction of sp³-hybridized carbons (Fsp3) is 0.429. The molecule has 2 aliphatic carbocycles. The molecule has 0 aromatic rings. The van der Waals surface area contributed by atoms with Crippen LogP contribution in [0.2, 0.25) is 0 Å². The highest BCUT2D eigenvalue weighted by molar-refractivity contribution is 5.35. The van der Waals surface area contributed by atoms with E-state index in [2.05, 4.69) is 6.08 Å². The van der Waals surface area contributed by atoms with Gasteiger partial charge in [-0.2, -0.15) is 0 Å². The molecule has 1 atom stereocenters. The van der Waals surface area contributed by atoms with E-state index in [1.54, 1.807) is 0 Å². The van der Waals surface area contributed by atoms with Crippen molar-refractivity contribution in [1.82, 2.24) is 0 Å². The van der Waals surface area contributed by atoms with Crippen molar-refractivity contribution in [2.75, 3.05) is 0 Å². The molecule has 1 heteroatoms. The van der Waals surface area contributed by atoms with Crippen molar-refractivity contribution in [3.05, 3.63) is 23.5 Å². The van der Waals surface area contributed by atoms with Crippen LogP contribution in [-0.4, -0.2) is 5.11 Å². The third-order valence-corrected chi connectivity index (χ3v) is 1.88. The second-order valence-electron chi connectivity index (χ2n) is 2.50. The molecular weight excluding hydrogens is 100 g/mol. The maximum atomic E-state index is 9.05. The lowest BCUT2D eigenvalue weighted by Crippen LogP contribution is -1.86. The van der Waals surface area contributed by atoms with Crippen LogP contribution in [0.1, 0.15) is 12.8 Å². The Hall–Kier alpha value is -0.720. The highest BCUT2D eigenvalue weighted by Gasteiger charge is 2.24. The molecule has 42 valence electrons. The monoisotopic (exact) mass is 108 g/mol. The molecule has 0 saturated heterocycles. The molecule has 2 rings (SSSR count). The van der Waals surface area contributed by atoms with E-state index in [-0.39, 0.29) is 0 Å². The first-order valence-electron chi connectivity index (χ1n) is 2.95. The smallest absolute Gasteiger partial charge is 0.0960 e. The third-order valence-electron chi connectivity index (χ3n) is 1.88. The molecule has 0 heterocycles. The Labute approximate surface area is 48.3 Å². The van der Waals surface area contributed by atoms with Crippen molar-refractivity contribution >= 4 is 0 Å². The summed E-state index contributed by atoms with van der Waals surface area (Å²) in [5.41, 5.74) is 1.16. The van der Waals surface area contributed by atoms with Crippen molar-refractivity contribution in [2.45, 2.75) is 12.8 Å². The van der Waals surface area contributed by atoms with Gasteiger partial charge in [0.05, 0.1) is 5.76 Å². The van der Waals surface area contributed by atoms with Crippen molar-refractivity contribution < 1.29 is 5.11 Å². The number of hydrogen-bond donors (Lipinski definition) is 1. The van der Waals surface area contributed by atoms with Crippen molar-refractivity contribution in [3.63, 3.8) is 0 Å². The SMILES string of the molecule is OC1=C2C=CC(C1)C2. The van der Waals surface area contributed by atoms with Gasteiger partial charge in [-0.1, -0.05) is 12.2 Å². The molecule has 0 aliphatic heterocycles. The van der Waals surface area contributed by atoms with Crippen LogP contribution in [0.3, 0.4) is 0 Å². The van der Waals surface area contributed by atoms with Gasteiger partial charge in [0, 0.05) is 6.42 Å². The second-order valence-corrected chi connectivity index (χ2v) is 2.50. The standard InChI is InChI=1S/C7H8O/c8-7-4-5-1-2-6(7)3-5/h1-2,5,8H,3-4H2. The zero-order valence-corrected chi connectivity index (χ0v) is 4.59. The third kappa shape index (κ3) is 0.365. The quantitative estimate of drug-likeness (QED) is 0.501. The highest BCUT2D eigenvalue weighted by Crippen LogP contribution is 2.36. The fourth-order valence-electron chi connectivity index (χ4n) is 1.40. The number of aliphatic hydroxyl groups is 1. The van der Waals surface area contributed by atoms with Gasteiger partial charge in [-0.15, -0.1) is 0 Å². The van der Waals surface area contributed by atoms with E-state index >= 15 is 0 Å². The Morgan fingerprint density at radius 3 is 2.62 bits per heavy atom. The largest absolute Gasteiger partial charge is 0.512 e. The molecule has 0 radical (unpaired) electrons. The van der Waals surface area contributed by atoms with Crippen LogP contribution in [0.15, 0.2) is 23.5 Å². The Balaban J connectivity index is 2.46. The number of allylic oxidation sites excluding steroid dienone is 4. The normalized spacial score (nSPS) is 32.8. The minimum Gasteiger partial charge on any atom is -0.512 e. The number of fused-ring (bicyclic) bond motifs is 2. The van der Waals surface area contributed by atoms with E-state index in [1.165, 1.54) is 0 Å². The number of aliphatic hydroxyl groups excluding tert-OH is 1. The van der Waals surface area contributed by atoms with Crippen LogP contribution in [0, 0.1) is 5.92 Å². The zero-order chi connectivity index (χ0) is 5.56. The van der Waals surface area contributed by atoms with E-state index in [9.17, 15) is 0 Å². The van der Waals surface area contributed by atoms with Crippen molar-refractivity contribution in [3.8, 4) is 0 Å². The van der Waals surface area contributed by atoms with Crippen LogP contribution >= 0.6 is 0 Å². The van der Waals surface area contributed by atoms with E-state index in [4.69, 9.17) is 5.11 Å². The maximum absolute atomic E-state index is 9.05. The summed E-state index contributed by atoms with van der Waals surface area (Å²) in [5.74, 6) is 1.27. The van der Waals surface area contributed by atoms with Gasteiger partial charge in [-0.25, -0.2) is 0 Å². The van der Waals surface area contributed by atoms with Gasteiger partial charge in [0.15, 0.2) is 0 Å².